The summed E-state index contributed by atoms with van der Waals surface area (Å²) in [7, 11) is 1.93. The topological polar surface area (TPSA) is 40.5 Å². The molecule has 0 amide bonds. The number of hydrogen-bond donors (Lipinski definition) is 1. The number of hydrogen-bond acceptors (Lipinski definition) is 2. The van der Waals surface area contributed by atoms with E-state index in [1.54, 1.807) is 0 Å². The maximum absolute atomic E-state index is 10.4. The maximum atomic E-state index is 10.4. The molecular weight excluding hydrogens is 305 g/mol. The van der Waals surface area contributed by atoms with Crippen LogP contribution < -0.4 is 0 Å². The summed E-state index contributed by atoms with van der Waals surface area (Å²) < 4.78 is 1.21. The van der Waals surface area contributed by atoms with Gasteiger partial charge in [0.25, 0.3) is 0 Å². The molecule has 4 heteroatoms. The van der Waals surface area contributed by atoms with E-state index in [2.05, 4.69) is 34.7 Å². The standard InChI is InChI=1S/C11H14INO2/c1-13(6-5-11(14)15)8-9-3-2-4-10(12)7-9/h2-4,7H,5-6,8H2,1H3,(H,14,15). The molecule has 15 heavy (non-hydrogen) atoms. The van der Waals surface area contributed by atoms with Crippen LogP contribution in [0.15, 0.2) is 24.3 Å². The third-order valence-corrected chi connectivity index (χ3v) is 2.72. The zero-order chi connectivity index (χ0) is 11.3. The summed E-state index contributed by atoms with van der Waals surface area (Å²) in [4.78, 5) is 12.4. The van der Waals surface area contributed by atoms with Crippen molar-refractivity contribution in [3.63, 3.8) is 0 Å². The van der Waals surface area contributed by atoms with Crippen molar-refractivity contribution in [2.75, 3.05) is 13.6 Å². The lowest BCUT2D eigenvalue weighted by molar-refractivity contribution is -0.137. The fraction of sp³-hybridized carbons (Fsp3) is 0.364. The van der Waals surface area contributed by atoms with Crippen molar-refractivity contribution in [3.05, 3.63) is 33.4 Å². The van der Waals surface area contributed by atoms with Crippen LogP contribution in [0.3, 0.4) is 0 Å². The van der Waals surface area contributed by atoms with Crippen LogP contribution in [-0.2, 0) is 11.3 Å². The number of carboxylic acid groups (broad SMARTS) is 1. The van der Waals surface area contributed by atoms with E-state index in [-0.39, 0.29) is 6.42 Å². The second-order valence-electron chi connectivity index (χ2n) is 3.51. The van der Waals surface area contributed by atoms with Crippen molar-refractivity contribution in [1.29, 1.82) is 0 Å². The van der Waals surface area contributed by atoms with E-state index in [0.29, 0.717) is 6.54 Å². The molecule has 1 aromatic carbocycles. The lowest BCUT2D eigenvalue weighted by Crippen LogP contribution is -2.21. The van der Waals surface area contributed by atoms with Crippen LogP contribution in [0.25, 0.3) is 0 Å². The summed E-state index contributed by atoms with van der Waals surface area (Å²) in [6, 6.07) is 8.22. The van der Waals surface area contributed by atoms with E-state index in [1.807, 2.05) is 24.1 Å². The van der Waals surface area contributed by atoms with Crippen molar-refractivity contribution < 1.29 is 9.90 Å². The fourth-order valence-electron chi connectivity index (χ4n) is 1.31. The molecule has 0 saturated heterocycles. The van der Waals surface area contributed by atoms with E-state index in [0.717, 1.165) is 6.54 Å². The van der Waals surface area contributed by atoms with Crippen molar-refractivity contribution in [2.45, 2.75) is 13.0 Å². The summed E-state index contributed by atoms with van der Waals surface area (Å²) in [6.07, 6.45) is 0.195. The molecule has 0 saturated carbocycles. The van der Waals surface area contributed by atoms with Crippen LogP contribution in [0.1, 0.15) is 12.0 Å². The molecule has 0 unspecified atom stereocenters. The predicted molar refractivity (Wildman–Crippen MR) is 67.7 cm³/mol. The minimum absolute atomic E-state index is 0.195. The van der Waals surface area contributed by atoms with Gasteiger partial charge >= 0.3 is 5.97 Å². The molecule has 0 spiro atoms. The predicted octanol–water partition coefficient (Wildman–Crippen LogP) is 2.20. The average Bonchev–Trinajstić information content (AvgIpc) is 2.15. The first-order chi connectivity index (χ1) is 7.08. The van der Waals surface area contributed by atoms with Gasteiger partial charge in [-0.25, -0.2) is 0 Å². The summed E-state index contributed by atoms with van der Waals surface area (Å²) in [5.41, 5.74) is 1.22. The first kappa shape index (κ1) is 12.4. The average molecular weight is 319 g/mol. The highest BCUT2D eigenvalue weighted by Crippen LogP contribution is 2.09. The number of nitrogens with zero attached hydrogens (tertiary/aromatic N) is 1. The smallest absolute Gasteiger partial charge is 0.304 e. The zero-order valence-electron chi connectivity index (χ0n) is 8.61. The monoisotopic (exact) mass is 319 g/mol. The van der Waals surface area contributed by atoms with Gasteiger partial charge < -0.3 is 10.0 Å². The Hall–Kier alpha value is -0.620. The Morgan fingerprint density at radius 3 is 2.87 bits per heavy atom. The molecule has 0 heterocycles. The molecule has 1 aromatic rings. The van der Waals surface area contributed by atoms with E-state index < -0.39 is 5.97 Å². The number of benzene rings is 1. The summed E-state index contributed by atoms with van der Waals surface area (Å²) in [6.45, 7) is 1.38. The second kappa shape index (κ2) is 6.07. The Morgan fingerprint density at radius 1 is 1.53 bits per heavy atom. The lowest BCUT2D eigenvalue weighted by atomic mass is 10.2. The fourth-order valence-corrected chi connectivity index (χ4v) is 1.92. The molecule has 1 N–H and O–H groups in total. The van der Waals surface area contributed by atoms with E-state index in [1.165, 1.54) is 9.13 Å². The number of carboxylic acids is 1. The molecule has 3 nitrogen and oxygen atoms in total. The van der Waals surface area contributed by atoms with Gasteiger partial charge in [-0.1, -0.05) is 12.1 Å². The molecule has 0 atom stereocenters. The van der Waals surface area contributed by atoms with Crippen LogP contribution in [0.4, 0.5) is 0 Å². The van der Waals surface area contributed by atoms with Gasteiger partial charge in [-0.3, -0.25) is 4.79 Å². The van der Waals surface area contributed by atoms with E-state index in [4.69, 9.17) is 5.11 Å². The zero-order valence-corrected chi connectivity index (χ0v) is 10.8. The molecule has 0 aliphatic heterocycles. The minimum atomic E-state index is -0.746. The largest absolute Gasteiger partial charge is 0.481 e. The Morgan fingerprint density at radius 2 is 2.27 bits per heavy atom. The van der Waals surface area contributed by atoms with Crippen molar-refractivity contribution in [2.24, 2.45) is 0 Å². The van der Waals surface area contributed by atoms with Gasteiger partial charge in [0.1, 0.15) is 0 Å². The first-order valence-corrected chi connectivity index (χ1v) is 5.80. The molecule has 82 valence electrons. The SMILES string of the molecule is CN(CCC(=O)O)Cc1cccc(I)c1. The molecule has 0 aliphatic rings. The number of rotatable bonds is 5. The number of carbonyl (C=O) groups is 1. The highest BCUT2D eigenvalue weighted by molar-refractivity contribution is 14.1. The van der Waals surface area contributed by atoms with Crippen LogP contribution in [-0.4, -0.2) is 29.6 Å². The first-order valence-electron chi connectivity index (χ1n) is 4.72. The van der Waals surface area contributed by atoms with Crippen molar-refractivity contribution in [3.8, 4) is 0 Å². The number of halogens is 1. The molecule has 1 rings (SSSR count). The van der Waals surface area contributed by atoms with Gasteiger partial charge in [-0.05, 0) is 47.3 Å². The lowest BCUT2D eigenvalue weighted by Gasteiger charge is -2.15. The summed E-state index contributed by atoms with van der Waals surface area (Å²) in [5, 5.41) is 8.54. The van der Waals surface area contributed by atoms with Crippen molar-refractivity contribution in [1.82, 2.24) is 4.90 Å². The van der Waals surface area contributed by atoms with Crippen LogP contribution >= 0.6 is 22.6 Å². The third-order valence-electron chi connectivity index (χ3n) is 2.05. The number of aliphatic carboxylic acids is 1. The quantitative estimate of drug-likeness (QED) is 0.846. The summed E-state index contributed by atoms with van der Waals surface area (Å²) >= 11 is 2.27. The van der Waals surface area contributed by atoms with Gasteiger partial charge in [0.05, 0.1) is 6.42 Å². The second-order valence-corrected chi connectivity index (χ2v) is 4.76. The molecule has 0 fully saturated rings. The van der Waals surface area contributed by atoms with Crippen LogP contribution in [0.5, 0.6) is 0 Å². The normalized spacial score (nSPS) is 10.6. The van der Waals surface area contributed by atoms with E-state index >= 15 is 0 Å². The van der Waals surface area contributed by atoms with Crippen LogP contribution in [0.2, 0.25) is 0 Å². The Kier molecular flexibility index (Phi) is 5.04. The van der Waals surface area contributed by atoms with Crippen molar-refractivity contribution >= 4 is 28.6 Å². The van der Waals surface area contributed by atoms with Gasteiger partial charge in [0.15, 0.2) is 0 Å². The van der Waals surface area contributed by atoms with Gasteiger partial charge in [0.2, 0.25) is 0 Å². The molecule has 0 bridgehead atoms. The summed E-state index contributed by atoms with van der Waals surface area (Å²) in [5.74, 6) is -0.746. The third kappa shape index (κ3) is 5.13. The van der Waals surface area contributed by atoms with Gasteiger partial charge in [-0.2, -0.15) is 0 Å². The molecule has 0 aliphatic carbocycles. The van der Waals surface area contributed by atoms with Crippen LogP contribution in [0, 0.1) is 3.57 Å². The Balaban J connectivity index is 2.44. The van der Waals surface area contributed by atoms with Gasteiger partial charge in [-0.15, -0.1) is 0 Å². The maximum Gasteiger partial charge on any atom is 0.304 e. The Labute approximate surface area is 103 Å². The molecular formula is C11H14INO2. The highest BCUT2D eigenvalue weighted by atomic mass is 127. The Bertz CT molecular complexity index is 341. The van der Waals surface area contributed by atoms with E-state index in [9.17, 15) is 4.79 Å². The van der Waals surface area contributed by atoms with Gasteiger partial charge in [0, 0.05) is 16.7 Å². The molecule has 0 radical (unpaired) electrons. The minimum Gasteiger partial charge on any atom is -0.481 e. The highest BCUT2D eigenvalue weighted by Gasteiger charge is 2.03. The molecule has 0 aromatic heterocycles.